The second-order valence-electron chi connectivity index (χ2n) is 6.04. The van der Waals surface area contributed by atoms with Crippen molar-refractivity contribution < 1.29 is 14.4 Å². The molecule has 0 spiro atoms. The van der Waals surface area contributed by atoms with Gasteiger partial charge in [-0.1, -0.05) is 35.1 Å². The minimum absolute atomic E-state index is 0.216. The SMILES string of the molecule is O=C(Nc1nnc(-c2ccc(Cl)cc2)s1)c1ccc(N2C(=O)CCC2=O)cc1. The fourth-order valence-electron chi connectivity index (χ4n) is 2.78. The Balaban J connectivity index is 1.46. The van der Waals surface area contributed by atoms with Crippen LogP contribution in [0.25, 0.3) is 10.6 Å². The monoisotopic (exact) mass is 412 g/mol. The van der Waals surface area contributed by atoms with Crippen LogP contribution in [0.5, 0.6) is 0 Å². The molecule has 0 atom stereocenters. The number of rotatable bonds is 4. The van der Waals surface area contributed by atoms with E-state index < -0.39 is 0 Å². The molecule has 1 N–H and O–H groups in total. The Labute approximate surface area is 169 Å². The minimum atomic E-state index is -0.357. The van der Waals surface area contributed by atoms with Gasteiger partial charge in [-0.15, -0.1) is 10.2 Å². The first-order chi connectivity index (χ1) is 13.5. The zero-order valence-electron chi connectivity index (χ0n) is 14.4. The number of aromatic nitrogens is 2. The van der Waals surface area contributed by atoms with Crippen molar-refractivity contribution in [2.45, 2.75) is 12.8 Å². The fourth-order valence-corrected chi connectivity index (χ4v) is 3.65. The molecule has 2 heterocycles. The lowest BCUT2D eigenvalue weighted by molar-refractivity contribution is -0.121. The largest absolute Gasteiger partial charge is 0.296 e. The van der Waals surface area contributed by atoms with Crippen LogP contribution < -0.4 is 10.2 Å². The molecular formula is C19H13ClN4O3S. The lowest BCUT2D eigenvalue weighted by Gasteiger charge is -2.13. The number of hydrogen-bond acceptors (Lipinski definition) is 6. The van der Waals surface area contributed by atoms with Crippen molar-refractivity contribution in [3.05, 3.63) is 59.1 Å². The molecule has 4 rings (SSSR count). The van der Waals surface area contributed by atoms with Crippen molar-refractivity contribution in [3.8, 4) is 10.6 Å². The van der Waals surface area contributed by atoms with Gasteiger partial charge in [-0.3, -0.25) is 24.6 Å². The first-order valence-corrected chi connectivity index (χ1v) is 9.57. The molecule has 1 fully saturated rings. The number of imide groups is 1. The van der Waals surface area contributed by atoms with Crippen molar-refractivity contribution >= 4 is 51.5 Å². The molecule has 1 aliphatic heterocycles. The second-order valence-corrected chi connectivity index (χ2v) is 7.46. The van der Waals surface area contributed by atoms with Crippen LogP contribution in [0, 0.1) is 0 Å². The summed E-state index contributed by atoms with van der Waals surface area (Å²) in [6, 6.07) is 13.4. The molecule has 0 bridgehead atoms. The highest BCUT2D eigenvalue weighted by Gasteiger charge is 2.30. The number of carbonyl (C=O) groups excluding carboxylic acids is 3. The van der Waals surface area contributed by atoms with Crippen LogP contribution in [0.1, 0.15) is 23.2 Å². The Morgan fingerprint density at radius 3 is 2.25 bits per heavy atom. The lowest BCUT2D eigenvalue weighted by Crippen LogP contribution is -2.28. The Morgan fingerprint density at radius 2 is 1.61 bits per heavy atom. The molecule has 0 aliphatic carbocycles. The van der Waals surface area contributed by atoms with Crippen LogP contribution in [0.15, 0.2) is 48.5 Å². The van der Waals surface area contributed by atoms with Gasteiger partial charge >= 0.3 is 0 Å². The van der Waals surface area contributed by atoms with Gasteiger partial charge in [-0.05, 0) is 36.4 Å². The summed E-state index contributed by atoms with van der Waals surface area (Å²) in [4.78, 5) is 37.1. The molecular weight excluding hydrogens is 400 g/mol. The highest BCUT2D eigenvalue weighted by Crippen LogP contribution is 2.28. The van der Waals surface area contributed by atoms with Crippen LogP contribution in [0.3, 0.4) is 0 Å². The zero-order chi connectivity index (χ0) is 19.7. The molecule has 3 amide bonds. The third kappa shape index (κ3) is 3.64. The summed E-state index contributed by atoms with van der Waals surface area (Å²) in [7, 11) is 0. The van der Waals surface area contributed by atoms with E-state index in [1.165, 1.54) is 11.3 Å². The first-order valence-electron chi connectivity index (χ1n) is 8.38. The summed E-state index contributed by atoms with van der Waals surface area (Å²) < 4.78 is 0. The van der Waals surface area contributed by atoms with Crippen LogP contribution in [0.4, 0.5) is 10.8 Å². The normalized spacial score (nSPS) is 13.8. The number of hydrogen-bond donors (Lipinski definition) is 1. The molecule has 2 aromatic carbocycles. The third-order valence-corrected chi connectivity index (χ3v) is 5.32. The molecule has 1 aliphatic rings. The van der Waals surface area contributed by atoms with Crippen molar-refractivity contribution in [1.29, 1.82) is 0 Å². The number of nitrogens with one attached hydrogen (secondary N) is 1. The molecule has 0 unspecified atom stereocenters. The molecule has 3 aromatic rings. The van der Waals surface area contributed by atoms with Crippen LogP contribution >= 0.6 is 22.9 Å². The Kier molecular flexibility index (Phi) is 4.89. The Hall–Kier alpha value is -3.10. The van der Waals surface area contributed by atoms with E-state index in [0.29, 0.717) is 26.4 Å². The van der Waals surface area contributed by atoms with Crippen molar-refractivity contribution in [1.82, 2.24) is 10.2 Å². The summed E-state index contributed by atoms with van der Waals surface area (Å²) in [5.74, 6) is -0.819. The first kappa shape index (κ1) is 18.3. The van der Waals surface area contributed by atoms with Gasteiger partial charge in [-0.25, -0.2) is 0 Å². The maximum absolute atomic E-state index is 12.4. The van der Waals surface area contributed by atoms with E-state index in [-0.39, 0.29) is 30.6 Å². The van der Waals surface area contributed by atoms with E-state index in [4.69, 9.17) is 11.6 Å². The number of anilines is 2. The number of amides is 3. The highest BCUT2D eigenvalue weighted by atomic mass is 35.5. The molecule has 7 nitrogen and oxygen atoms in total. The van der Waals surface area contributed by atoms with Crippen molar-refractivity contribution in [2.24, 2.45) is 0 Å². The van der Waals surface area contributed by atoms with Gasteiger partial charge in [0.2, 0.25) is 16.9 Å². The van der Waals surface area contributed by atoms with E-state index in [9.17, 15) is 14.4 Å². The molecule has 1 saturated heterocycles. The van der Waals surface area contributed by atoms with Gasteiger partial charge in [-0.2, -0.15) is 0 Å². The lowest BCUT2D eigenvalue weighted by atomic mass is 10.2. The summed E-state index contributed by atoms with van der Waals surface area (Å²) in [6.45, 7) is 0. The molecule has 9 heteroatoms. The van der Waals surface area contributed by atoms with E-state index >= 15 is 0 Å². The van der Waals surface area contributed by atoms with E-state index in [0.717, 1.165) is 10.5 Å². The maximum atomic E-state index is 12.4. The topological polar surface area (TPSA) is 92.3 Å². The van der Waals surface area contributed by atoms with E-state index in [1.807, 2.05) is 12.1 Å². The van der Waals surface area contributed by atoms with Gasteiger partial charge in [0.25, 0.3) is 5.91 Å². The molecule has 0 saturated carbocycles. The summed E-state index contributed by atoms with van der Waals surface area (Å²) in [5.41, 5.74) is 1.70. The number of benzene rings is 2. The van der Waals surface area contributed by atoms with Gasteiger partial charge in [0.05, 0.1) is 5.69 Å². The maximum Gasteiger partial charge on any atom is 0.257 e. The number of halogens is 1. The van der Waals surface area contributed by atoms with Gasteiger partial charge < -0.3 is 0 Å². The number of carbonyl (C=O) groups is 3. The van der Waals surface area contributed by atoms with Gasteiger partial charge in [0.1, 0.15) is 5.01 Å². The van der Waals surface area contributed by atoms with Crippen molar-refractivity contribution in [2.75, 3.05) is 10.2 Å². The third-order valence-electron chi connectivity index (χ3n) is 4.18. The van der Waals surface area contributed by atoms with E-state index in [1.54, 1.807) is 36.4 Å². The molecule has 28 heavy (non-hydrogen) atoms. The molecule has 140 valence electrons. The summed E-state index contributed by atoms with van der Waals surface area (Å²) >= 11 is 7.12. The molecule has 0 radical (unpaired) electrons. The van der Waals surface area contributed by atoms with Crippen molar-refractivity contribution in [3.63, 3.8) is 0 Å². The minimum Gasteiger partial charge on any atom is -0.296 e. The van der Waals surface area contributed by atoms with Crippen LogP contribution in [-0.4, -0.2) is 27.9 Å². The quantitative estimate of drug-likeness (QED) is 0.658. The molecule has 1 aromatic heterocycles. The van der Waals surface area contributed by atoms with Crippen LogP contribution in [-0.2, 0) is 9.59 Å². The summed E-state index contributed by atoms with van der Waals surface area (Å²) in [6.07, 6.45) is 0.433. The van der Waals surface area contributed by atoms with E-state index in [2.05, 4.69) is 15.5 Å². The average Bonchev–Trinajstić information content (AvgIpc) is 3.29. The zero-order valence-corrected chi connectivity index (χ0v) is 16.0. The fraction of sp³-hybridized carbons (Fsp3) is 0.105. The van der Waals surface area contributed by atoms with Gasteiger partial charge in [0, 0.05) is 29.0 Å². The Morgan fingerprint density at radius 1 is 0.964 bits per heavy atom. The predicted octanol–water partition coefficient (Wildman–Crippen LogP) is 3.76. The predicted molar refractivity (Wildman–Crippen MR) is 106 cm³/mol. The highest BCUT2D eigenvalue weighted by molar-refractivity contribution is 7.18. The second kappa shape index (κ2) is 7.49. The Bertz CT molecular complexity index is 1050. The average molecular weight is 413 g/mol. The smallest absolute Gasteiger partial charge is 0.257 e. The number of nitrogens with zero attached hydrogens (tertiary/aromatic N) is 3. The standard InChI is InChI=1S/C19H13ClN4O3S/c20-13-5-1-12(2-6-13)18-22-23-19(28-18)21-17(27)11-3-7-14(8-4-11)24-15(25)9-10-16(24)26/h1-8H,9-10H2,(H,21,23,27). The summed E-state index contributed by atoms with van der Waals surface area (Å²) in [5, 5.41) is 12.4. The van der Waals surface area contributed by atoms with Crippen LogP contribution in [0.2, 0.25) is 5.02 Å². The van der Waals surface area contributed by atoms with Gasteiger partial charge in [0.15, 0.2) is 0 Å².